The van der Waals surface area contributed by atoms with Gasteiger partial charge in [-0.05, 0) is 0 Å². The van der Waals surface area contributed by atoms with Crippen molar-refractivity contribution in [1.82, 2.24) is 0 Å². The summed E-state index contributed by atoms with van der Waals surface area (Å²) in [4.78, 5) is 0. The highest BCUT2D eigenvalue weighted by atomic mass is 35.5. The quantitative estimate of drug-likeness (QED) is 0.387. The lowest BCUT2D eigenvalue weighted by Crippen LogP contribution is -2.44. The molecule has 0 bridgehead atoms. The smallest absolute Gasteiger partial charge is 0.209 e. The second-order valence-electron chi connectivity index (χ2n) is 2.75. The van der Waals surface area contributed by atoms with Crippen molar-refractivity contribution in [2.24, 2.45) is 0 Å². The van der Waals surface area contributed by atoms with Crippen LogP contribution in [0.5, 0.6) is 0 Å². The lowest BCUT2D eigenvalue weighted by Gasteiger charge is -2.22. The SMILES string of the molecule is OC[C@H]1O[C@](O)(CCl)[C@H](O)[C@@H]1O. The van der Waals surface area contributed by atoms with Crippen molar-refractivity contribution < 1.29 is 25.2 Å². The Hall–Kier alpha value is 0.0900. The van der Waals surface area contributed by atoms with E-state index < -0.39 is 30.7 Å². The van der Waals surface area contributed by atoms with Gasteiger partial charge in [-0.2, -0.15) is 0 Å². The number of hydrogen-bond donors (Lipinski definition) is 4. The van der Waals surface area contributed by atoms with Crippen LogP contribution in [0.3, 0.4) is 0 Å². The maximum atomic E-state index is 9.37. The van der Waals surface area contributed by atoms with Crippen LogP contribution in [0.15, 0.2) is 0 Å². The summed E-state index contributed by atoms with van der Waals surface area (Å²) in [6.07, 6.45) is -3.77. The summed E-state index contributed by atoms with van der Waals surface area (Å²) >= 11 is 5.30. The Morgan fingerprint density at radius 3 is 2.25 bits per heavy atom. The van der Waals surface area contributed by atoms with Crippen LogP contribution >= 0.6 is 11.6 Å². The van der Waals surface area contributed by atoms with Gasteiger partial charge in [-0.25, -0.2) is 0 Å². The van der Waals surface area contributed by atoms with Crippen LogP contribution in [0.25, 0.3) is 0 Å². The first kappa shape index (κ1) is 10.2. The molecule has 0 spiro atoms. The van der Waals surface area contributed by atoms with Gasteiger partial charge in [0.2, 0.25) is 5.79 Å². The molecule has 0 radical (unpaired) electrons. The Morgan fingerprint density at radius 2 is 2.00 bits per heavy atom. The highest BCUT2D eigenvalue weighted by molar-refractivity contribution is 6.18. The number of aliphatic hydroxyl groups is 4. The van der Waals surface area contributed by atoms with Crippen molar-refractivity contribution in [3.63, 3.8) is 0 Å². The van der Waals surface area contributed by atoms with Gasteiger partial charge in [-0.3, -0.25) is 0 Å². The molecule has 4 atom stereocenters. The third-order valence-corrected chi connectivity index (χ3v) is 2.28. The first-order valence-corrected chi connectivity index (χ1v) is 4.01. The summed E-state index contributed by atoms with van der Waals surface area (Å²) < 4.78 is 4.75. The molecule has 0 aromatic rings. The molecule has 1 aliphatic rings. The van der Waals surface area contributed by atoms with E-state index in [0.29, 0.717) is 0 Å². The molecule has 0 aliphatic carbocycles. The largest absolute Gasteiger partial charge is 0.394 e. The maximum absolute atomic E-state index is 9.37. The minimum Gasteiger partial charge on any atom is -0.394 e. The lowest BCUT2D eigenvalue weighted by molar-refractivity contribution is -0.214. The number of rotatable bonds is 2. The molecule has 12 heavy (non-hydrogen) atoms. The van der Waals surface area contributed by atoms with Crippen molar-refractivity contribution in [2.75, 3.05) is 12.5 Å². The summed E-state index contributed by atoms with van der Waals surface area (Å²) in [5.74, 6) is -2.31. The van der Waals surface area contributed by atoms with Crippen LogP contribution < -0.4 is 0 Å². The van der Waals surface area contributed by atoms with Crippen LogP contribution in [0.2, 0.25) is 0 Å². The van der Waals surface area contributed by atoms with Gasteiger partial charge in [0.15, 0.2) is 0 Å². The molecule has 0 aromatic carbocycles. The van der Waals surface area contributed by atoms with Crippen molar-refractivity contribution >= 4 is 11.6 Å². The van der Waals surface area contributed by atoms with Crippen molar-refractivity contribution in [2.45, 2.75) is 24.1 Å². The Labute approximate surface area is 74.2 Å². The topological polar surface area (TPSA) is 90.2 Å². The molecule has 0 saturated carbocycles. The number of halogens is 1. The predicted molar refractivity (Wildman–Crippen MR) is 39.6 cm³/mol. The summed E-state index contributed by atoms with van der Waals surface area (Å²) in [5, 5.41) is 36.4. The van der Waals surface area contributed by atoms with Gasteiger partial charge in [0.25, 0.3) is 0 Å². The summed E-state index contributed by atoms with van der Waals surface area (Å²) in [6, 6.07) is 0. The zero-order valence-corrected chi connectivity index (χ0v) is 6.98. The molecule has 4 N–H and O–H groups in total. The monoisotopic (exact) mass is 198 g/mol. The Kier molecular flexibility index (Phi) is 2.92. The van der Waals surface area contributed by atoms with Crippen LogP contribution in [0, 0.1) is 0 Å². The van der Waals surface area contributed by atoms with E-state index in [1.54, 1.807) is 0 Å². The van der Waals surface area contributed by atoms with Crippen molar-refractivity contribution in [3.8, 4) is 0 Å². The Bertz CT molecular complexity index is 166. The standard InChI is InChI=1S/C6H11ClO5/c7-2-6(11)5(10)4(9)3(1-8)12-6/h3-5,8-11H,1-2H2/t3-,4-,5-,6-/m1/s1. The Morgan fingerprint density at radius 1 is 1.42 bits per heavy atom. The van der Waals surface area contributed by atoms with Crippen LogP contribution in [0.1, 0.15) is 0 Å². The van der Waals surface area contributed by atoms with E-state index in [1.165, 1.54) is 0 Å². The van der Waals surface area contributed by atoms with E-state index in [0.717, 1.165) is 0 Å². The highest BCUT2D eigenvalue weighted by Crippen LogP contribution is 2.29. The van der Waals surface area contributed by atoms with Crippen LogP contribution in [0.4, 0.5) is 0 Å². The van der Waals surface area contributed by atoms with Gasteiger partial charge in [0.1, 0.15) is 18.3 Å². The Balaban J connectivity index is 2.72. The lowest BCUT2D eigenvalue weighted by atomic mass is 10.1. The van der Waals surface area contributed by atoms with Gasteiger partial charge in [0, 0.05) is 0 Å². The molecule has 72 valence electrons. The number of hydrogen-bond acceptors (Lipinski definition) is 5. The van der Waals surface area contributed by atoms with E-state index >= 15 is 0 Å². The van der Waals surface area contributed by atoms with Crippen LogP contribution in [-0.4, -0.2) is 57.0 Å². The molecule has 0 aromatic heterocycles. The molecule has 1 heterocycles. The molecule has 5 nitrogen and oxygen atoms in total. The van der Waals surface area contributed by atoms with E-state index in [-0.39, 0.29) is 5.88 Å². The number of alkyl halides is 1. The second kappa shape index (κ2) is 3.45. The maximum Gasteiger partial charge on any atom is 0.209 e. The zero-order valence-electron chi connectivity index (χ0n) is 6.22. The third kappa shape index (κ3) is 1.44. The molecule has 0 unspecified atom stereocenters. The number of aliphatic hydroxyl groups excluding tert-OH is 3. The fourth-order valence-corrected chi connectivity index (χ4v) is 1.35. The second-order valence-corrected chi connectivity index (χ2v) is 3.02. The minimum atomic E-state index is -1.95. The van der Waals surface area contributed by atoms with Crippen LogP contribution in [-0.2, 0) is 4.74 Å². The summed E-state index contributed by atoms with van der Waals surface area (Å²) in [5.41, 5.74) is 0. The van der Waals surface area contributed by atoms with E-state index in [4.69, 9.17) is 21.4 Å². The molecular formula is C6H11ClO5. The molecule has 1 saturated heterocycles. The first-order valence-electron chi connectivity index (χ1n) is 3.48. The van der Waals surface area contributed by atoms with Gasteiger partial charge in [-0.1, -0.05) is 0 Å². The minimum absolute atomic E-state index is 0.359. The highest BCUT2D eigenvalue weighted by Gasteiger charge is 2.52. The van der Waals surface area contributed by atoms with Gasteiger partial charge in [0.05, 0.1) is 12.5 Å². The van der Waals surface area contributed by atoms with E-state index in [9.17, 15) is 15.3 Å². The van der Waals surface area contributed by atoms with Gasteiger partial charge in [-0.15, -0.1) is 11.6 Å². The summed E-state index contributed by atoms with van der Waals surface area (Å²) in [6.45, 7) is -0.475. The molecular weight excluding hydrogens is 188 g/mol. The van der Waals surface area contributed by atoms with Crippen molar-refractivity contribution in [1.29, 1.82) is 0 Å². The third-order valence-electron chi connectivity index (χ3n) is 1.89. The van der Waals surface area contributed by atoms with E-state index in [2.05, 4.69) is 0 Å². The molecule has 1 rings (SSSR count). The van der Waals surface area contributed by atoms with Gasteiger partial charge >= 0.3 is 0 Å². The number of ether oxygens (including phenoxy) is 1. The molecule has 0 amide bonds. The average molecular weight is 199 g/mol. The molecule has 1 aliphatic heterocycles. The fraction of sp³-hybridized carbons (Fsp3) is 1.00. The average Bonchev–Trinajstić information content (AvgIpc) is 2.31. The fourth-order valence-electron chi connectivity index (χ4n) is 1.13. The normalized spacial score (nSPS) is 48.2. The summed E-state index contributed by atoms with van der Waals surface area (Å²) in [7, 11) is 0. The van der Waals surface area contributed by atoms with Crippen molar-refractivity contribution in [3.05, 3.63) is 0 Å². The first-order chi connectivity index (χ1) is 5.55. The predicted octanol–water partition coefficient (Wildman–Crippen LogP) is -1.97. The molecule has 6 heteroatoms. The zero-order chi connectivity index (χ0) is 9.35. The van der Waals surface area contributed by atoms with Gasteiger partial charge < -0.3 is 25.2 Å². The molecule has 1 fully saturated rings. The van der Waals surface area contributed by atoms with E-state index in [1.807, 2.05) is 0 Å².